The largest absolute Gasteiger partial charge is 0.352 e. The second-order valence-electron chi connectivity index (χ2n) is 5.29. The quantitative estimate of drug-likeness (QED) is 0.400. The van der Waals surface area contributed by atoms with Crippen molar-refractivity contribution in [3.8, 4) is 0 Å². The highest BCUT2D eigenvalue weighted by Gasteiger charge is 2.23. The smallest absolute Gasteiger partial charge is 0.265 e. The van der Waals surface area contributed by atoms with Crippen molar-refractivity contribution in [1.29, 1.82) is 0 Å². The van der Waals surface area contributed by atoms with Gasteiger partial charge in [-0.05, 0) is 37.6 Å². The molecule has 0 unspecified atom stereocenters. The van der Waals surface area contributed by atoms with Crippen LogP contribution < -0.4 is 16.6 Å². The maximum atomic E-state index is 11.7. The molecule has 1 aliphatic rings. The van der Waals surface area contributed by atoms with Gasteiger partial charge in [-0.1, -0.05) is 22.0 Å². The second-order valence-corrected chi connectivity index (χ2v) is 6.15. The summed E-state index contributed by atoms with van der Waals surface area (Å²) < 4.78 is 0.818. The highest BCUT2D eigenvalue weighted by Crippen LogP contribution is 2.20. The number of amides is 2. The van der Waals surface area contributed by atoms with E-state index in [0.29, 0.717) is 24.7 Å². The lowest BCUT2D eigenvalue weighted by Crippen LogP contribution is -2.36. The molecule has 0 atom stereocenters. The minimum atomic E-state index is -0.334. The first-order valence-electron chi connectivity index (χ1n) is 6.77. The first-order valence-corrected chi connectivity index (χ1v) is 7.56. The van der Waals surface area contributed by atoms with Crippen LogP contribution in [0.25, 0.3) is 0 Å². The maximum absolute atomic E-state index is 11.7. The Labute approximate surface area is 132 Å². The molecule has 0 aromatic heterocycles. The van der Waals surface area contributed by atoms with E-state index in [9.17, 15) is 9.59 Å². The Hall–Kier alpha value is -1.44. The van der Waals surface area contributed by atoms with Gasteiger partial charge in [0.25, 0.3) is 5.91 Å². The summed E-state index contributed by atoms with van der Waals surface area (Å²) in [5.41, 5.74) is 3.59. The van der Waals surface area contributed by atoms with Crippen molar-refractivity contribution in [2.45, 2.75) is 25.4 Å². The molecule has 2 rings (SSSR count). The summed E-state index contributed by atoms with van der Waals surface area (Å²) in [5, 5.41) is 2.96. The van der Waals surface area contributed by atoms with Gasteiger partial charge in [-0.25, -0.2) is 5.84 Å². The molecule has 1 aromatic rings. The molecule has 6 nitrogen and oxygen atoms in total. The van der Waals surface area contributed by atoms with Crippen molar-refractivity contribution < 1.29 is 9.59 Å². The van der Waals surface area contributed by atoms with Crippen LogP contribution in [0.4, 0.5) is 0 Å². The summed E-state index contributed by atoms with van der Waals surface area (Å²) >= 11 is 3.44. The fourth-order valence-corrected chi connectivity index (χ4v) is 2.50. The summed E-state index contributed by atoms with van der Waals surface area (Å²) in [5.74, 6) is 4.82. The van der Waals surface area contributed by atoms with Crippen molar-refractivity contribution in [3.63, 3.8) is 0 Å². The molecular weight excluding hydrogens is 336 g/mol. The number of nitrogens with zero attached hydrogens (tertiary/aromatic N) is 1. The fraction of sp³-hybridized carbons (Fsp3) is 0.429. The van der Waals surface area contributed by atoms with Gasteiger partial charge in [-0.15, -0.1) is 0 Å². The van der Waals surface area contributed by atoms with Crippen LogP contribution in [0.5, 0.6) is 0 Å². The van der Waals surface area contributed by atoms with Crippen LogP contribution in [0.2, 0.25) is 0 Å². The number of likely N-dealkylation sites (N-methyl/N-ethyl adjacent to an activating group) is 1. The molecule has 1 aromatic carbocycles. The zero-order chi connectivity index (χ0) is 15.4. The molecule has 2 amide bonds. The lowest BCUT2D eigenvalue weighted by Gasteiger charge is -2.17. The van der Waals surface area contributed by atoms with Gasteiger partial charge in [0.15, 0.2) is 0 Å². The van der Waals surface area contributed by atoms with Crippen molar-refractivity contribution in [2.24, 2.45) is 5.84 Å². The zero-order valence-electron chi connectivity index (χ0n) is 11.9. The molecule has 0 spiro atoms. The minimum absolute atomic E-state index is 0.0512. The Morgan fingerprint density at radius 1 is 1.43 bits per heavy atom. The highest BCUT2D eigenvalue weighted by atomic mass is 79.9. The van der Waals surface area contributed by atoms with E-state index in [1.807, 2.05) is 18.0 Å². The Morgan fingerprint density at radius 2 is 2.14 bits per heavy atom. The number of nitrogens with two attached hydrogens (primary N) is 1. The Morgan fingerprint density at radius 3 is 2.71 bits per heavy atom. The van der Waals surface area contributed by atoms with Crippen molar-refractivity contribution in [3.05, 3.63) is 33.8 Å². The lowest BCUT2D eigenvalue weighted by molar-refractivity contribution is -0.122. The van der Waals surface area contributed by atoms with Crippen LogP contribution in [0.3, 0.4) is 0 Å². The molecule has 1 fully saturated rings. The molecule has 4 N–H and O–H groups in total. The van der Waals surface area contributed by atoms with Crippen molar-refractivity contribution in [1.82, 2.24) is 15.6 Å². The molecule has 1 saturated carbocycles. The number of carbonyl (C=O) groups is 2. The van der Waals surface area contributed by atoms with Crippen LogP contribution in [0.15, 0.2) is 22.7 Å². The number of halogens is 1. The van der Waals surface area contributed by atoms with E-state index in [4.69, 9.17) is 5.84 Å². The van der Waals surface area contributed by atoms with E-state index in [1.54, 1.807) is 12.1 Å². The van der Waals surface area contributed by atoms with Gasteiger partial charge in [0.1, 0.15) is 0 Å². The average Bonchev–Trinajstić information content (AvgIpc) is 3.23. The molecule has 1 aliphatic carbocycles. The summed E-state index contributed by atoms with van der Waals surface area (Å²) in [6.45, 7) is 0.969. The summed E-state index contributed by atoms with van der Waals surface area (Å²) in [7, 11) is 1.89. The van der Waals surface area contributed by atoms with Gasteiger partial charge < -0.3 is 5.32 Å². The van der Waals surface area contributed by atoms with E-state index < -0.39 is 0 Å². The van der Waals surface area contributed by atoms with Crippen molar-refractivity contribution >= 4 is 27.7 Å². The van der Waals surface area contributed by atoms with E-state index in [1.165, 1.54) is 0 Å². The monoisotopic (exact) mass is 354 g/mol. The number of carbonyl (C=O) groups excluding carboxylic acids is 2. The molecule has 0 heterocycles. The summed E-state index contributed by atoms with van der Waals surface area (Å²) in [6.07, 6.45) is 2.18. The van der Waals surface area contributed by atoms with Gasteiger partial charge in [-0.2, -0.15) is 0 Å². The first kappa shape index (κ1) is 15.9. The standard InChI is InChI=1S/C14H19BrN4O2/c1-19(8-13(20)17-11-4-5-11)7-10-3-2-9(6-12(10)15)14(21)18-16/h2-3,6,11H,4-5,7-8,16H2,1H3,(H,17,20)(H,18,21). The van der Waals surface area contributed by atoms with E-state index in [0.717, 1.165) is 22.9 Å². The third-order valence-corrected chi connectivity index (χ3v) is 3.98. The molecule has 7 heteroatoms. The normalized spacial score (nSPS) is 14.1. The van der Waals surface area contributed by atoms with E-state index in [2.05, 4.69) is 26.7 Å². The van der Waals surface area contributed by atoms with Gasteiger partial charge in [0.2, 0.25) is 5.91 Å². The third-order valence-electron chi connectivity index (χ3n) is 3.24. The van der Waals surface area contributed by atoms with Gasteiger partial charge in [0, 0.05) is 22.6 Å². The number of nitrogen functional groups attached to an aromatic ring is 1. The van der Waals surface area contributed by atoms with E-state index in [-0.39, 0.29) is 11.8 Å². The van der Waals surface area contributed by atoms with Crippen molar-refractivity contribution in [2.75, 3.05) is 13.6 Å². The van der Waals surface area contributed by atoms with Crippen LogP contribution in [-0.4, -0.2) is 36.3 Å². The summed E-state index contributed by atoms with van der Waals surface area (Å²) in [6, 6.07) is 5.66. The number of rotatable bonds is 6. The molecule has 0 radical (unpaired) electrons. The highest BCUT2D eigenvalue weighted by molar-refractivity contribution is 9.10. The number of hydrogen-bond acceptors (Lipinski definition) is 4. The second kappa shape index (κ2) is 7.02. The summed E-state index contributed by atoms with van der Waals surface area (Å²) in [4.78, 5) is 25.1. The molecule has 0 aliphatic heterocycles. The SMILES string of the molecule is CN(CC(=O)NC1CC1)Cc1ccc(C(=O)NN)cc1Br. The zero-order valence-corrected chi connectivity index (χ0v) is 13.4. The number of nitrogens with one attached hydrogen (secondary N) is 2. The predicted molar refractivity (Wildman–Crippen MR) is 83.3 cm³/mol. The average molecular weight is 355 g/mol. The van der Waals surface area contributed by atoms with Crippen LogP contribution in [0.1, 0.15) is 28.8 Å². The van der Waals surface area contributed by atoms with Crippen LogP contribution in [0, 0.1) is 0 Å². The number of hydrogen-bond donors (Lipinski definition) is 3. The Kier molecular flexibility index (Phi) is 5.33. The van der Waals surface area contributed by atoms with Gasteiger partial charge in [0.05, 0.1) is 6.54 Å². The van der Waals surface area contributed by atoms with Crippen LogP contribution in [-0.2, 0) is 11.3 Å². The predicted octanol–water partition coefficient (Wildman–Crippen LogP) is 0.763. The molecule has 0 bridgehead atoms. The Balaban J connectivity index is 1.91. The Bertz CT molecular complexity index is 546. The molecule has 0 saturated heterocycles. The number of benzene rings is 1. The van der Waals surface area contributed by atoms with E-state index >= 15 is 0 Å². The number of hydrazine groups is 1. The third kappa shape index (κ3) is 4.80. The molecule has 114 valence electrons. The molecular formula is C14H19BrN4O2. The van der Waals surface area contributed by atoms with Crippen LogP contribution >= 0.6 is 15.9 Å². The first-order chi connectivity index (χ1) is 9.99. The topological polar surface area (TPSA) is 87.5 Å². The fourth-order valence-electron chi connectivity index (χ4n) is 1.99. The lowest BCUT2D eigenvalue weighted by atomic mass is 10.1. The van der Waals surface area contributed by atoms with Gasteiger partial charge >= 0.3 is 0 Å². The minimum Gasteiger partial charge on any atom is -0.352 e. The molecule has 21 heavy (non-hydrogen) atoms. The maximum Gasteiger partial charge on any atom is 0.265 e. The van der Waals surface area contributed by atoms with Gasteiger partial charge in [-0.3, -0.25) is 19.9 Å².